The number of aromatic nitrogens is 3. The van der Waals surface area contributed by atoms with Gasteiger partial charge in [0.05, 0.1) is 11.7 Å². The summed E-state index contributed by atoms with van der Waals surface area (Å²) in [5.41, 5.74) is 10.6. The zero-order valence-corrected chi connectivity index (χ0v) is 17.3. The van der Waals surface area contributed by atoms with Gasteiger partial charge in [-0.2, -0.15) is 15.1 Å². The lowest BCUT2D eigenvalue weighted by Gasteiger charge is -2.10. The van der Waals surface area contributed by atoms with Crippen LogP contribution in [0, 0.1) is 18.3 Å². The third-order valence-corrected chi connectivity index (χ3v) is 5.72. The first kappa shape index (κ1) is 18.8. The van der Waals surface area contributed by atoms with Gasteiger partial charge >= 0.3 is 0 Å². The summed E-state index contributed by atoms with van der Waals surface area (Å²) in [6.45, 7) is 4.09. The first-order valence-electron chi connectivity index (χ1n) is 10.2. The molecule has 0 aliphatic heterocycles. The first-order chi connectivity index (χ1) is 15.2. The molecule has 5 rings (SSSR count). The minimum atomic E-state index is 0.655. The number of nitriles is 1. The molecule has 31 heavy (non-hydrogen) atoms. The minimum absolute atomic E-state index is 0.655. The van der Waals surface area contributed by atoms with Crippen molar-refractivity contribution in [2.75, 3.05) is 5.43 Å². The van der Waals surface area contributed by atoms with Gasteiger partial charge in [-0.05, 0) is 43.2 Å². The van der Waals surface area contributed by atoms with Crippen LogP contribution in [0.4, 0.5) is 5.82 Å². The molecule has 0 aliphatic rings. The van der Waals surface area contributed by atoms with E-state index in [0.717, 1.165) is 56.5 Å². The number of H-pyrrole nitrogens is 1. The normalized spacial score (nSPS) is 11.5. The maximum Gasteiger partial charge on any atom is 0.253 e. The smallest absolute Gasteiger partial charge is 0.253 e. The van der Waals surface area contributed by atoms with E-state index in [-0.39, 0.29) is 0 Å². The number of pyridine rings is 2. The molecule has 2 aromatic carbocycles. The molecule has 5 aromatic rings. The lowest BCUT2D eigenvalue weighted by Crippen LogP contribution is -2.28. The van der Waals surface area contributed by atoms with E-state index >= 15 is 0 Å². The Morgan fingerprint density at radius 1 is 1.16 bits per heavy atom. The molecule has 3 heterocycles. The zero-order valence-electron chi connectivity index (χ0n) is 17.3. The number of hydrazone groups is 1. The Morgan fingerprint density at radius 3 is 2.81 bits per heavy atom. The van der Waals surface area contributed by atoms with Gasteiger partial charge in [-0.1, -0.05) is 37.3 Å². The molecule has 0 aliphatic carbocycles. The molecule has 150 valence electrons. The molecule has 0 fully saturated rings. The van der Waals surface area contributed by atoms with Gasteiger partial charge in [-0.25, -0.2) is 0 Å². The molecule has 0 spiro atoms. The average Bonchev–Trinajstić information content (AvgIpc) is 3.18. The zero-order chi connectivity index (χ0) is 21.4. The number of hydrogen-bond donors (Lipinski definition) is 2. The van der Waals surface area contributed by atoms with E-state index in [1.54, 1.807) is 6.20 Å². The number of imidazole rings is 1. The highest BCUT2D eigenvalue weighted by Crippen LogP contribution is 2.26. The number of anilines is 1. The topological polar surface area (TPSA) is 81.0 Å². The molecule has 0 radical (unpaired) electrons. The van der Waals surface area contributed by atoms with Gasteiger partial charge in [0, 0.05) is 22.7 Å². The monoisotopic (exact) mass is 405 g/mol. The summed E-state index contributed by atoms with van der Waals surface area (Å²) < 4.78 is 2.06. The van der Waals surface area contributed by atoms with Crippen LogP contribution in [0.1, 0.15) is 29.2 Å². The molecule has 3 aromatic heterocycles. The van der Waals surface area contributed by atoms with Crippen molar-refractivity contribution in [1.82, 2.24) is 9.97 Å². The Bertz CT molecular complexity index is 1520. The Morgan fingerprint density at radius 2 is 1.97 bits per heavy atom. The van der Waals surface area contributed by atoms with Crippen molar-refractivity contribution in [3.63, 3.8) is 0 Å². The van der Waals surface area contributed by atoms with Crippen LogP contribution in [0.2, 0.25) is 0 Å². The molecule has 0 unspecified atom stereocenters. The van der Waals surface area contributed by atoms with E-state index in [1.165, 1.54) is 0 Å². The van der Waals surface area contributed by atoms with E-state index in [1.807, 2.05) is 67.7 Å². The van der Waals surface area contributed by atoms with Gasteiger partial charge in [0.15, 0.2) is 0 Å². The summed E-state index contributed by atoms with van der Waals surface area (Å²) in [4.78, 5) is 7.82. The molecule has 2 N–H and O–H groups in total. The molecule has 6 nitrogen and oxygen atoms in total. The molecule has 0 atom stereocenters. The van der Waals surface area contributed by atoms with Gasteiger partial charge in [0.2, 0.25) is 5.65 Å². The average molecular weight is 405 g/mol. The number of hydrogen-bond acceptors (Lipinski definition) is 4. The molecule has 0 bridgehead atoms. The van der Waals surface area contributed by atoms with Crippen LogP contribution in [0.15, 0.2) is 65.9 Å². The highest BCUT2D eigenvalue weighted by Gasteiger charge is 2.24. The van der Waals surface area contributed by atoms with Gasteiger partial charge in [0.1, 0.15) is 22.7 Å². The van der Waals surface area contributed by atoms with Crippen molar-refractivity contribution in [1.29, 1.82) is 5.26 Å². The Kier molecular flexibility index (Phi) is 4.57. The highest BCUT2D eigenvalue weighted by molar-refractivity contribution is 5.98. The number of aromatic amines is 1. The summed E-state index contributed by atoms with van der Waals surface area (Å²) in [7, 11) is 0. The second-order valence-electron chi connectivity index (χ2n) is 7.41. The molecule has 0 saturated carbocycles. The quantitative estimate of drug-likeness (QED) is 0.260. The second kappa shape index (κ2) is 7.54. The molecular weight excluding hydrogens is 384 g/mol. The Balaban J connectivity index is 1.69. The summed E-state index contributed by atoms with van der Waals surface area (Å²) >= 11 is 0. The molecule has 0 saturated heterocycles. The summed E-state index contributed by atoms with van der Waals surface area (Å²) in [5, 5.41) is 15.5. The fraction of sp³-hybridized carbons (Fsp3) is 0.120. The minimum Gasteiger partial charge on any atom is -0.269 e. The third kappa shape index (κ3) is 2.99. The van der Waals surface area contributed by atoms with Crippen LogP contribution < -0.4 is 9.83 Å². The number of fused-ring (bicyclic) bond motifs is 4. The maximum absolute atomic E-state index is 9.84. The summed E-state index contributed by atoms with van der Waals surface area (Å²) in [6.07, 6.45) is 4.39. The van der Waals surface area contributed by atoms with Crippen molar-refractivity contribution in [2.24, 2.45) is 5.10 Å². The van der Waals surface area contributed by atoms with E-state index in [0.29, 0.717) is 5.56 Å². The van der Waals surface area contributed by atoms with E-state index in [4.69, 9.17) is 0 Å². The predicted octanol–water partition coefficient (Wildman–Crippen LogP) is 4.64. The molecule has 6 heteroatoms. The van der Waals surface area contributed by atoms with Gasteiger partial charge in [-0.15, -0.1) is 5.10 Å². The number of nitrogens with zero attached hydrogens (tertiary/aromatic N) is 4. The SMILES string of the molecule is CCc1c(C)c(C#N)c2[nH]c3ccccc3[n+]2c1NN=Cc1ccnc2ccccc12. The van der Waals surface area contributed by atoms with Crippen molar-refractivity contribution < 1.29 is 4.40 Å². The van der Waals surface area contributed by atoms with Crippen molar-refractivity contribution in [3.05, 3.63) is 83.0 Å². The van der Waals surface area contributed by atoms with Gasteiger partial charge < -0.3 is 0 Å². The van der Waals surface area contributed by atoms with Crippen molar-refractivity contribution >= 4 is 39.6 Å². The van der Waals surface area contributed by atoms with Crippen LogP contribution in [-0.2, 0) is 6.42 Å². The van der Waals surface area contributed by atoms with Crippen LogP contribution in [-0.4, -0.2) is 16.2 Å². The largest absolute Gasteiger partial charge is 0.269 e. The van der Waals surface area contributed by atoms with Crippen molar-refractivity contribution in [2.45, 2.75) is 20.3 Å². The molecular formula is C25H21N6+. The standard InChI is InChI=1S/C25H20N6/c1-3-18-16(2)20(14-26)24-29-22-10-6-7-11-23(22)31(24)25(18)30-28-15-17-12-13-27-21-9-5-4-8-19(17)21/h4-13,15H,3H2,1-2H3,(H,27,29,30)/p+1. The second-order valence-corrected chi connectivity index (χ2v) is 7.41. The molecule has 0 amide bonds. The Labute approximate surface area is 179 Å². The van der Waals surface area contributed by atoms with Crippen molar-refractivity contribution in [3.8, 4) is 6.07 Å². The lowest BCUT2D eigenvalue weighted by atomic mass is 10.0. The van der Waals surface area contributed by atoms with Gasteiger partial charge in [0.25, 0.3) is 5.82 Å². The van der Waals surface area contributed by atoms with E-state index in [2.05, 4.69) is 37.9 Å². The number of nitrogens with one attached hydrogen (secondary N) is 2. The summed E-state index contributed by atoms with van der Waals surface area (Å²) in [5.74, 6) is 0.862. The first-order valence-corrected chi connectivity index (χ1v) is 10.2. The lowest BCUT2D eigenvalue weighted by molar-refractivity contribution is -0.465. The van der Waals surface area contributed by atoms with E-state index in [9.17, 15) is 5.26 Å². The van der Waals surface area contributed by atoms with E-state index < -0.39 is 0 Å². The third-order valence-electron chi connectivity index (χ3n) is 5.72. The van der Waals surface area contributed by atoms with Crippen LogP contribution in [0.3, 0.4) is 0 Å². The predicted molar refractivity (Wildman–Crippen MR) is 123 cm³/mol. The maximum atomic E-state index is 9.84. The number of benzene rings is 2. The number of para-hydroxylation sites is 3. The fourth-order valence-electron chi connectivity index (χ4n) is 4.21. The van der Waals surface area contributed by atoms with Crippen LogP contribution in [0.5, 0.6) is 0 Å². The van der Waals surface area contributed by atoms with Crippen LogP contribution in [0.25, 0.3) is 27.6 Å². The highest BCUT2D eigenvalue weighted by atomic mass is 15.3. The number of rotatable bonds is 4. The van der Waals surface area contributed by atoms with Gasteiger partial charge in [-0.3, -0.25) is 9.97 Å². The summed E-state index contributed by atoms with van der Waals surface area (Å²) in [6, 6.07) is 20.4. The Hall–Kier alpha value is -4.24. The van der Waals surface area contributed by atoms with Crippen LogP contribution >= 0.6 is 0 Å². The fourth-order valence-corrected chi connectivity index (χ4v) is 4.21.